The Morgan fingerprint density at radius 1 is 0.377 bits per heavy atom. The highest BCUT2D eigenvalue weighted by Crippen LogP contribution is 2.49. The van der Waals surface area contributed by atoms with E-state index in [2.05, 4.69) is 240 Å². The molecule has 3 aliphatic rings. The molecule has 2 nitrogen and oxygen atoms in total. The molecule has 61 heavy (non-hydrogen) atoms. The van der Waals surface area contributed by atoms with Crippen LogP contribution in [0.25, 0.3) is 22.3 Å². The maximum Gasteiger partial charge on any atom is 0.251 e. The average Bonchev–Trinajstić information content (AvgIpc) is 3.28. The van der Waals surface area contributed by atoms with Crippen molar-refractivity contribution in [1.29, 1.82) is 0 Å². The van der Waals surface area contributed by atoms with Gasteiger partial charge in [0.1, 0.15) is 8.07 Å². The molecule has 0 fully saturated rings. The Balaban J connectivity index is 1.27. The van der Waals surface area contributed by atoms with E-state index in [0.29, 0.717) is 0 Å². The van der Waals surface area contributed by atoms with Gasteiger partial charge in [0.25, 0.3) is 6.71 Å². The summed E-state index contributed by atoms with van der Waals surface area (Å²) in [6.07, 6.45) is 0. The second kappa shape index (κ2) is 13.6. The molecule has 0 aromatic heterocycles. The van der Waals surface area contributed by atoms with Gasteiger partial charge in [0.05, 0.1) is 11.4 Å². The third-order valence-corrected chi connectivity index (χ3v) is 18.4. The van der Waals surface area contributed by atoms with Gasteiger partial charge in [0.2, 0.25) is 0 Å². The van der Waals surface area contributed by atoms with E-state index in [-0.39, 0.29) is 17.5 Å². The first-order valence-corrected chi connectivity index (χ1v) is 24.4. The average molecular weight is 803 g/mol. The molecule has 0 radical (unpaired) electrons. The van der Waals surface area contributed by atoms with Crippen LogP contribution in [-0.2, 0) is 10.8 Å². The van der Waals surface area contributed by atoms with Crippen LogP contribution >= 0.6 is 0 Å². The van der Waals surface area contributed by atoms with E-state index < -0.39 is 8.07 Å². The number of rotatable bonds is 5. The van der Waals surface area contributed by atoms with E-state index in [1.807, 2.05) is 0 Å². The maximum absolute atomic E-state index is 2.63. The largest absolute Gasteiger partial charge is 0.311 e. The van der Waals surface area contributed by atoms with Gasteiger partial charge in [-0.1, -0.05) is 192 Å². The van der Waals surface area contributed by atoms with Crippen molar-refractivity contribution in [2.24, 2.45) is 0 Å². The number of nitrogens with zero attached hydrogens (tertiary/aromatic N) is 2. The van der Waals surface area contributed by atoms with Crippen molar-refractivity contribution >= 4 is 80.9 Å². The van der Waals surface area contributed by atoms with Crippen LogP contribution in [0.1, 0.15) is 52.7 Å². The first-order chi connectivity index (χ1) is 29.4. The quantitative estimate of drug-likeness (QED) is 0.160. The van der Waals surface area contributed by atoms with Crippen molar-refractivity contribution in [1.82, 2.24) is 0 Å². The highest BCUT2D eigenvalue weighted by Gasteiger charge is 2.53. The normalized spacial score (nSPS) is 14.5. The van der Waals surface area contributed by atoms with Gasteiger partial charge in [-0.3, -0.25) is 0 Å². The molecule has 0 amide bonds. The molecule has 0 saturated heterocycles. The monoisotopic (exact) mass is 802 g/mol. The summed E-state index contributed by atoms with van der Waals surface area (Å²) in [6, 6.07) is 69.4. The van der Waals surface area contributed by atoms with Crippen LogP contribution < -0.4 is 41.7 Å². The Kier molecular flexibility index (Phi) is 8.37. The Bertz CT molecular complexity index is 2840. The fourth-order valence-corrected chi connectivity index (χ4v) is 15.0. The summed E-state index contributed by atoms with van der Waals surface area (Å²) in [5.41, 5.74) is 19.4. The van der Waals surface area contributed by atoms with Crippen molar-refractivity contribution in [2.45, 2.75) is 58.9 Å². The van der Waals surface area contributed by atoms with Crippen molar-refractivity contribution in [2.75, 3.05) is 9.80 Å². The summed E-state index contributed by atoms with van der Waals surface area (Å²) >= 11 is 0. The van der Waals surface area contributed by atoms with E-state index >= 15 is 0 Å². The van der Waals surface area contributed by atoms with Crippen molar-refractivity contribution in [3.63, 3.8) is 0 Å². The van der Waals surface area contributed by atoms with Crippen LogP contribution in [-0.4, -0.2) is 14.8 Å². The van der Waals surface area contributed by atoms with Gasteiger partial charge in [-0.2, -0.15) is 0 Å². The Morgan fingerprint density at radius 2 is 0.754 bits per heavy atom. The van der Waals surface area contributed by atoms with Gasteiger partial charge in [-0.25, -0.2) is 0 Å². The first-order valence-electron chi connectivity index (χ1n) is 21.9. The van der Waals surface area contributed by atoms with Crippen LogP contribution in [0.15, 0.2) is 182 Å². The standard InChI is InChI=1S/C57H51BN2Si/c1-56(2,3)40-32-34-45(43(36-40)38-20-11-8-12-21-38)59-47-26-17-27-48-53(47)58-54-49(59)28-18-30-51(54)61(7,42-24-15-10-16-25-42)52-31-19-29-50(55(52)58)60(48)46-35-33-41(57(4,5)6)37-44(46)39-22-13-9-14-23-39/h8-37H,1-7H3. The summed E-state index contributed by atoms with van der Waals surface area (Å²) in [5, 5.41) is 4.46. The third-order valence-electron chi connectivity index (χ3n) is 13.9. The fourth-order valence-electron chi connectivity index (χ4n) is 10.7. The fraction of sp³-hybridized carbons (Fsp3) is 0.158. The maximum atomic E-state index is 2.63. The summed E-state index contributed by atoms with van der Waals surface area (Å²) in [5.74, 6) is 0. The van der Waals surface area contributed by atoms with Crippen LogP contribution in [0.5, 0.6) is 0 Å². The Morgan fingerprint density at radius 3 is 1.16 bits per heavy atom. The molecule has 4 heteroatoms. The molecule has 0 unspecified atom stereocenters. The minimum absolute atomic E-state index is 0.00438. The molecule has 11 rings (SSSR count). The molecule has 8 aromatic rings. The molecular weight excluding hydrogens is 752 g/mol. The molecule has 0 N–H and O–H groups in total. The van der Waals surface area contributed by atoms with Gasteiger partial charge >= 0.3 is 0 Å². The molecular formula is C57H51BN2Si. The van der Waals surface area contributed by atoms with E-state index in [1.165, 1.54) is 99.5 Å². The zero-order valence-electron chi connectivity index (χ0n) is 36.3. The van der Waals surface area contributed by atoms with Gasteiger partial charge < -0.3 is 9.80 Å². The minimum atomic E-state index is -2.57. The predicted molar refractivity (Wildman–Crippen MR) is 266 cm³/mol. The van der Waals surface area contributed by atoms with E-state index in [4.69, 9.17) is 0 Å². The van der Waals surface area contributed by atoms with Crippen molar-refractivity contribution < 1.29 is 0 Å². The van der Waals surface area contributed by atoms with Gasteiger partial charge in [0, 0.05) is 33.9 Å². The molecule has 0 saturated carbocycles. The molecule has 8 aromatic carbocycles. The SMILES string of the molecule is CC(C)(C)c1ccc(N2c3cccc4c3B3c5c2cccc5[Si](C)(c2ccccc2)c2cccc(c23)N4c2ccc(C(C)(C)C)cc2-c2ccccc2)c(-c2ccccc2)c1. The number of anilines is 6. The van der Waals surface area contributed by atoms with E-state index in [0.717, 1.165) is 0 Å². The van der Waals surface area contributed by atoms with Gasteiger partial charge in [-0.05, 0) is 103 Å². The number of hydrogen-bond donors (Lipinski definition) is 0. The van der Waals surface area contributed by atoms with Crippen molar-refractivity contribution in [3.05, 3.63) is 193 Å². The van der Waals surface area contributed by atoms with Crippen LogP contribution in [0.4, 0.5) is 34.1 Å². The zero-order valence-corrected chi connectivity index (χ0v) is 37.3. The number of benzene rings is 8. The molecule has 296 valence electrons. The summed E-state index contributed by atoms with van der Waals surface area (Å²) in [4.78, 5) is 5.25. The predicted octanol–water partition coefficient (Wildman–Crippen LogP) is 11.1. The lowest BCUT2D eigenvalue weighted by Crippen LogP contribution is -2.83. The summed E-state index contributed by atoms with van der Waals surface area (Å²) in [7, 11) is -2.57. The van der Waals surface area contributed by atoms with Crippen LogP contribution in [0.3, 0.4) is 0 Å². The molecule has 3 aliphatic heterocycles. The summed E-state index contributed by atoms with van der Waals surface area (Å²) in [6.45, 7) is 16.6. The highest BCUT2D eigenvalue weighted by molar-refractivity contribution is 7.21. The van der Waals surface area contributed by atoms with Crippen LogP contribution in [0, 0.1) is 0 Å². The Hall–Kier alpha value is -6.36. The Labute approximate surface area is 363 Å². The molecule has 0 aliphatic carbocycles. The third kappa shape index (κ3) is 5.61. The van der Waals surface area contributed by atoms with Gasteiger partial charge in [-0.15, -0.1) is 0 Å². The second-order valence-corrected chi connectivity index (χ2v) is 23.4. The lowest BCUT2D eigenvalue weighted by atomic mass is 9.33. The zero-order chi connectivity index (χ0) is 41.8. The number of hydrogen-bond acceptors (Lipinski definition) is 2. The van der Waals surface area contributed by atoms with Crippen LogP contribution in [0.2, 0.25) is 6.55 Å². The summed E-state index contributed by atoms with van der Waals surface area (Å²) < 4.78 is 0. The topological polar surface area (TPSA) is 6.48 Å². The minimum Gasteiger partial charge on any atom is -0.311 e. The van der Waals surface area contributed by atoms with Crippen molar-refractivity contribution in [3.8, 4) is 22.3 Å². The highest BCUT2D eigenvalue weighted by atomic mass is 28.3. The first kappa shape index (κ1) is 37.6. The smallest absolute Gasteiger partial charge is 0.251 e. The molecule has 3 heterocycles. The molecule has 0 atom stereocenters. The lowest BCUT2D eigenvalue weighted by molar-refractivity contribution is 0.590. The van der Waals surface area contributed by atoms with E-state index in [1.54, 1.807) is 0 Å². The lowest BCUT2D eigenvalue weighted by Gasteiger charge is -2.51. The molecule has 0 spiro atoms. The molecule has 0 bridgehead atoms. The van der Waals surface area contributed by atoms with Gasteiger partial charge in [0.15, 0.2) is 0 Å². The van der Waals surface area contributed by atoms with E-state index in [9.17, 15) is 0 Å². The second-order valence-electron chi connectivity index (χ2n) is 19.5.